The van der Waals surface area contributed by atoms with Crippen LogP contribution in [-0.2, 0) is 19.5 Å². The summed E-state index contributed by atoms with van der Waals surface area (Å²) in [6.07, 6.45) is 0. The maximum atomic E-state index is 14.0. The highest BCUT2D eigenvalue weighted by Gasteiger charge is 2.26. The molecule has 45 heavy (non-hydrogen) atoms. The lowest BCUT2D eigenvalue weighted by atomic mass is 10.1. The molecule has 238 valence electrons. The first-order valence-electron chi connectivity index (χ1n) is 11.6. The van der Waals surface area contributed by atoms with Crippen molar-refractivity contribution < 1.29 is 64.1 Å². The molecule has 0 aliphatic heterocycles. The number of methoxy groups -OCH3 is 2. The Hall–Kier alpha value is -4.67. The predicted octanol–water partition coefficient (Wildman–Crippen LogP) is 7.35. The van der Waals surface area contributed by atoms with Crippen LogP contribution in [0.1, 0.15) is 0 Å². The summed E-state index contributed by atoms with van der Waals surface area (Å²) in [5.74, 6) is -12.2. The van der Waals surface area contributed by atoms with Crippen molar-refractivity contribution >= 4 is 61.4 Å². The molecule has 0 unspecified atom stereocenters. The molecule has 0 amide bonds. The lowest BCUT2D eigenvalue weighted by Crippen LogP contribution is -2.03. The quantitative estimate of drug-likeness (QED) is 0.0150. The van der Waals surface area contributed by atoms with Crippen LogP contribution in [0.25, 0.3) is 10.8 Å². The van der Waals surface area contributed by atoms with Crippen molar-refractivity contribution in [2.75, 3.05) is 20.0 Å². The fourth-order valence-corrected chi connectivity index (χ4v) is 4.86. The van der Waals surface area contributed by atoms with Crippen LogP contribution < -0.4 is 15.2 Å². The number of benzene rings is 4. The number of hydrogen-bond acceptors (Lipinski definition) is 14. The van der Waals surface area contributed by atoms with Crippen molar-refractivity contribution in [3.05, 3.63) is 59.4 Å². The highest BCUT2D eigenvalue weighted by molar-refractivity contribution is 7.94. The van der Waals surface area contributed by atoms with Crippen molar-refractivity contribution in [3.8, 4) is 17.2 Å². The third kappa shape index (κ3) is 6.57. The molecule has 0 bridgehead atoms. The zero-order valence-corrected chi connectivity index (χ0v) is 23.9. The number of ether oxygens (including phenoxy) is 2. The Kier molecular flexibility index (Phi) is 9.70. The summed E-state index contributed by atoms with van der Waals surface area (Å²) in [4.78, 5) is -0.767. The second-order valence-corrected chi connectivity index (χ2v) is 10.5. The number of nitrogen functional groups attached to an aromatic ring is 1. The molecule has 0 fully saturated rings. The van der Waals surface area contributed by atoms with E-state index in [1.807, 2.05) is 0 Å². The second-order valence-electron chi connectivity index (χ2n) is 8.40. The number of aromatic hydroxyl groups is 1. The lowest BCUT2D eigenvalue weighted by Gasteiger charge is -2.12. The van der Waals surface area contributed by atoms with Crippen LogP contribution in [-0.4, -0.2) is 37.6 Å². The summed E-state index contributed by atoms with van der Waals surface area (Å²) in [6.45, 7) is 0. The molecular formula is C24H16F5N5O9S2. The smallest absolute Gasteiger partial charge is 0.296 e. The van der Waals surface area contributed by atoms with Gasteiger partial charge in [-0.2, -0.15) is 8.42 Å². The molecule has 4 aromatic carbocycles. The highest BCUT2D eigenvalue weighted by Crippen LogP contribution is 2.47. The number of phenols is 1. The molecule has 0 radical (unpaired) electrons. The third-order valence-electron chi connectivity index (χ3n) is 5.80. The van der Waals surface area contributed by atoms with Crippen LogP contribution in [0.15, 0.2) is 60.6 Å². The molecule has 0 aromatic heterocycles. The van der Waals surface area contributed by atoms with Gasteiger partial charge in [0.2, 0.25) is 5.82 Å². The molecule has 5 N–H and O–H groups in total. The number of anilines is 1. The van der Waals surface area contributed by atoms with Gasteiger partial charge >= 0.3 is 0 Å². The van der Waals surface area contributed by atoms with E-state index in [4.69, 9.17) is 20.5 Å². The first kappa shape index (κ1) is 33.2. The molecule has 14 nitrogen and oxygen atoms in total. The molecule has 4 rings (SSSR count). The van der Waals surface area contributed by atoms with Crippen LogP contribution >= 0.6 is 12.0 Å². The minimum absolute atomic E-state index is 0.0278. The van der Waals surface area contributed by atoms with E-state index < -0.39 is 61.2 Å². The fourth-order valence-electron chi connectivity index (χ4n) is 3.74. The standard InChI is InChI=1S/C24H16F5N5O9S2/c1-40-13-7-12(32-34-23-20(28)18(26)17(25)19(27)21(23)29)14(41-2)6-11(13)31-33-22-15(44-43-42-36)3-8-4-16(45(37,38)39)10(30)5-9(8)24(22)35/h3-7,35-36H,30H2,1-2H3,(H,37,38,39)/b33-31+,34-32+. The van der Waals surface area contributed by atoms with Gasteiger partial charge in [0.25, 0.3) is 10.1 Å². The average molecular weight is 678 g/mol. The van der Waals surface area contributed by atoms with Gasteiger partial charge in [-0.25, -0.2) is 27.2 Å². The van der Waals surface area contributed by atoms with Crippen molar-refractivity contribution in [2.24, 2.45) is 20.5 Å². The number of hydrogen-bond donors (Lipinski definition) is 4. The summed E-state index contributed by atoms with van der Waals surface area (Å²) in [6, 6.07) is 5.42. The summed E-state index contributed by atoms with van der Waals surface area (Å²) in [5, 5.41) is 37.7. The van der Waals surface area contributed by atoms with E-state index in [1.165, 1.54) is 13.2 Å². The molecule has 21 heteroatoms. The lowest BCUT2D eigenvalue weighted by molar-refractivity contribution is -0.432. The van der Waals surface area contributed by atoms with Crippen molar-refractivity contribution in [1.29, 1.82) is 0 Å². The minimum atomic E-state index is -4.75. The summed E-state index contributed by atoms with van der Waals surface area (Å²) < 4.78 is 116. The van der Waals surface area contributed by atoms with Gasteiger partial charge in [0.15, 0.2) is 34.7 Å². The maximum Gasteiger partial charge on any atom is 0.296 e. The Balaban J connectivity index is 1.82. The highest BCUT2D eigenvalue weighted by atomic mass is 32.2. The number of nitrogens with zero attached hydrogens (tertiary/aromatic N) is 4. The van der Waals surface area contributed by atoms with Crippen LogP contribution in [0, 0.1) is 29.1 Å². The zero-order chi connectivity index (χ0) is 33.2. The number of phenolic OH excluding ortho intramolecular Hbond substituents is 1. The average Bonchev–Trinajstić information content (AvgIpc) is 3.00. The van der Waals surface area contributed by atoms with E-state index >= 15 is 0 Å². The first-order chi connectivity index (χ1) is 21.2. The monoisotopic (exact) mass is 677 g/mol. The van der Waals surface area contributed by atoms with Crippen molar-refractivity contribution in [2.45, 2.75) is 9.79 Å². The topological polar surface area (TPSA) is 207 Å². The van der Waals surface area contributed by atoms with Gasteiger partial charge in [-0.3, -0.25) is 4.55 Å². The normalized spacial score (nSPS) is 12.1. The number of halogens is 5. The molecule has 0 aliphatic carbocycles. The maximum absolute atomic E-state index is 14.0. The molecule has 0 aliphatic rings. The van der Waals surface area contributed by atoms with Crippen LogP contribution in [0.2, 0.25) is 0 Å². The molecule has 0 spiro atoms. The summed E-state index contributed by atoms with van der Waals surface area (Å²) in [7, 11) is -2.44. The van der Waals surface area contributed by atoms with E-state index in [2.05, 4.69) is 29.8 Å². The van der Waals surface area contributed by atoms with Gasteiger partial charge in [0.1, 0.15) is 33.5 Å². The Morgan fingerprint density at radius 3 is 1.78 bits per heavy atom. The first-order valence-corrected chi connectivity index (χ1v) is 13.7. The second kappa shape index (κ2) is 13.1. The Bertz CT molecular complexity index is 1970. The number of fused-ring (bicyclic) bond motifs is 1. The zero-order valence-electron chi connectivity index (χ0n) is 22.3. The van der Waals surface area contributed by atoms with Crippen LogP contribution in [0.5, 0.6) is 17.2 Å². The molecule has 0 saturated carbocycles. The van der Waals surface area contributed by atoms with Crippen molar-refractivity contribution in [3.63, 3.8) is 0 Å². The van der Waals surface area contributed by atoms with E-state index in [0.29, 0.717) is 12.0 Å². The summed E-state index contributed by atoms with van der Waals surface area (Å²) in [5.41, 5.74) is 2.99. The SMILES string of the molecule is COc1cc(/N=N/c2c(SOOO)cc3cc(S(=O)(=O)O)c(N)cc3c2O)c(OC)cc1/N=N/c1c(F)c(F)c(F)c(F)c1F. The molecular weight excluding hydrogens is 661 g/mol. The third-order valence-corrected chi connectivity index (χ3v) is 7.32. The molecule has 4 aromatic rings. The van der Waals surface area contributed by atoms with Crippen LogP contribution in [0.4, 0.5) is 50.4 Å². The van der Waals surface area contributed by atoms with Gasteiger partial charge in [-0.15, -0.1) is 24.8 Å². The van der Waals surface area contributed by atoms with Gasteiger partial charge in [-0.05, 0) is 23.6 Å². The van der Waals surface area contributed by atoms with E-state index in [-0.39, 0.29) is 44.2 Å². The molecule has 0 heterocycles. The summed E-state index contributed by atoms with van der Waals surface area (Å²) >= 11 is 0.308. The minimum Gasteiger partial charge on any atom is -0.505 e. The number of rotatable bonds is 10. The number of nitrogens with two attached hydrogens (primary N) is 1. The Morgan fingerprint density at radius 1 is 0.778 bits per heavy atom. The Labute approximate surface area is 252 Å². The van der Waals surface area contributed by atoms with E-state index in [9.17, 15) is 40.0 Å². The molecule has 0 saturated heterocycles. The number of azo groups is 2. The van der Waals surface area contributed by atoms with Gasteiger partial charge in [0, 0.05) is 17.5 Å². The molecule has 0 atom stereocenters. The van der Waals surface area contributed by atoms with Crippen molar-refractivity contribution in [1.82, 2.24) is 0 Å². The van der Waals surface area contributed by atoms with E-state index in [1.54, 1.807) is 0 Å². The van der Waals surface area contributed by atoms with Crippen LogP contribution in [0.3, 0.4) is 0 Å². The van der Waals surface area contributed by atoms with E-state index in [0.717, 1.165) is 31.4 Å². The van der Waals surface area contributed by atoms with Gasteiger partial charge in [-0.1, -0.05) is 5.04 Å². The Morgan fingerprint density at radius 2 is 1.29 bits per heavy atom. The van der Waals surface area contributed by atoms with Gasteiger partial charge < -0.3 is 20.3 Å². The fraction of sp³-hybridized carbons (Fsp3) is 0.0833. The van der Waals surface area contributed by atoms with Gasteiger partial charge in [0.05, 0.1) is 36.8 Å². The predicted molar refractivity (Wildman–Crippen MR) is 145 cm³/mol. The largest absolute Gasteiger partial charge is 0.505 e.